The van der Waals surface area contributed by atoms with E-state index in [-0.39, 0.29) is 17.6 Å². The van der Waals surface area contributed by atoms with Crippen LogP contribution in [0, 0.1) is 17.7 Å². The molecule has 2 unspecified atom stereocenters. The molecule has 0 spiro atoms. The molecule has 0 bridgehead atoms. The van der Waals surface area contributed by atoms with Crippen molar-refractivity contribution in [3.8, 4) is 5.75 Å². The van der Waals surface area contributed by atoms with E-state index in [1.807, 2.05) is 11.9 Å². The van der Waals surface area contributed by atoms with E-state index in [0.717, 1.165) is 5.69 Å². The number of hydrogen-bond acceptors (Lipinski definition) is 3. The van der Waals surface area contributed by atoms with Gasteiger partial charge < -0.3 is 14.7 Å². The fraction of sp³-hybridized carbons (Fsp3) is 0.500. The zero-order valence-electron chi connectivity index (χ0n) is 11.1. The lowest BCUT2D eigenvalue weighted by Gasteiger charge is -2.19. The lowest BCUT2D eigenvalue weighted by atomic mass is 10.2. The third-order valence-corrected chi connectivity index (χ3v) is 3.40. The van der Waals surface area contributed by atoms with Crippen LogP contribution in [-0.2, 0) is 4.79 Å². The molecule has 5 heteroatoms. The first kappa shape index (κ1) is 13.6. The van der Waals surface area contributed by atoms with Crippen LogP contribution in [0.25, 0.3) is 0 Å². The summed E-state index contributed by atoms with van der Waals surface area (Å²) in [6.07, 6.45) is 0.708. The van der Waals surface area contributed by atoms with E-state index in [1.165, 1.54) is 6.07 Å². The number of ether oxygens (including phenoxy) is 1. The standard InChI is InChI=1S/C14H18FNO3/c1-3-19-13-5-4-10(7-12(13)15)16(2)8-9-6-11(9)14(17)18/h4-5,7,9,11H,3,6,8H2,1-2H3,(H,17,18). The molecule has 0 aliphatic heterocycles. The lowest BCUT2D eigenvalue weighted by Crippen LogP contribution is -2.21. The Bertz CT molecular complexity index is 478. The summed E-state index contributed by atoms with van der Waals surface area (Å²) in [7, 11) is 1.84. The average molecular weight is 267 g/mol. The Hall–Kier alpha value is -1.78. The number of carbonyl (C=O) groups is 1. The third-order valence-electron chi connectivity index (χ3n) is 3.40. The first-order valence-corrected chi connectivity index (χ1v) is 6.39. The molecule has 1 N–H and O–H groups in total. The number of nitrogens with zero attached hydrogens (tertiary/aromatic N) is 1. The molecule has 1 saturated carbocycles. The first-order chi connectivity index (χ1) is 9.02. The Labute approximate surface area is 111 Å². The maximum atomic E-state index is 13.7. The maximum absolute atomic E-state index is 13.7. The van der Waals surface area contributed by atoms with Crippen molar-refractivity contribution in [1.82, 2.24) is 0 Å². The molecule has 4 nitrogen and oxygen atoms in total. The van der Waals surface area contributed by atoms with Crippen molar-refractivity contribution in [3.63, 3.8) is 0 Å². The summed E-state index contributed by atoms with van der Waals surface area (Å²) in [6.45, 7) is 2.86. The molecule has 0 heterocycles. The summed E-state index contributed by atoms with van der Waals surface area (Å²) in [5.74, 6) is -0.963. The van der Waals surface area contributed by atoms with Gasteiger partial charge in [0.2, 0.25) is 0 Å². The van der Waals surface area contributed by atoms with Gasteiger partial charge in [-0.3, -0.25) is 4.79 Å². The van der Waals surface area contributed by atoms with Crippen LogP contribution in [0.4, 0.5) is 10.1 Å². The van der Waals surface area contributed by atoms with Crippen LogP contribution < -0.4 is 9.64 Å². The molecule has 1 aromatic rings. The third kappa shape index (κ3) is 3.16. The summed E-state index contributed by atoms with van der Waals surface area (Å²) < 4.78 is 18.9. The molecule has 104 valence electrons. The van der Waals surface area contributed by atoms with Crippen LogP contribution in [0.5, 0.6) is 5.75 Å². The average Bonchev–Trinajstić information content (AvgIpc) is 3.11. The number of halogens is 1. The highest BCUT2D eigenvalue weighted by atomic mass is 19.1. The molecule has 2 rings (SSSR count). The summed E-state index contributed by atoms with van der Waals surface area (Å²) >= 11 is 0. The van der Waals surface area contributed by atoms with Gasteiger partial charge in [0.1, 0.15) is 0 Å². The van der Waals surface area contributed by atoms with Gasteiger partial charge in [0.15, 0.2) is 11.6 Å². The Morgan fingerprint density at radius 2 is 2.32 bits per heavy atom. The van der Waals surface area contributed by atoms with Crippen LogP contribution in [0.3, 0.4) is 0 Å². The second-order valence-corrected chi connectivity index (χ2v) is 4.87. The van der Waals surface area contributed by atoms with Gasteiger partial charge in [0.05, 0.1) is 12.5 Å². The number of benzene rings is 1. The van der Waals surface area contributed by atoms with Gasteiger partial charge in [-0.25, -0.2) is 4.39 Å². The van der Waals surface area contributed by atoms with E-state index in [4.69, 9.17) is 9.84 Å². The van der Waals surface area contributed by atoms with Gasteiger partial charge in [-0.1, -0.05) is 0 Å². The molecular weight excluding hydrogens is 249 g/mol. The summed E-state index contributed by atoms with van der Waals surface area (Å²) in [6, 6.07) is 4.81. The number of hydrogen-bond donors (Lipinski definition) is 1. The van der Waals surface area contributed by atoms with Crippen molar-refractivity contribution in [2.75, 3.05) is 25.1 Å². The number of carboxylic acids is 1. The molecule has 1 aliphatic rings. The van der Waals surface area contributed by atoms with E-state index in [2.05, 4.69) is 0 Å². The molecule has 2 atom stereocenters. The van der Waals surface area contributed by atoms with Gasteiger partial charge in [0.25, 0.3) is 0 Å². The topological polar surface area (TPSA) is 49.8 Å². The Kier molecular flexibility index (Phi) is 3.93. The fourth-order valence-corrected chi connectivity index (χ4v) is 2.21. The Balaban J connectivity index is 1.98. The molecule has 19 heavy (non-hydrogen) atoms. The van der Waals surface area contributed by atoms with Crippen LogP contribution in [0.15, 0.2) is 18.2 Å². The molecular formula is C14H18FNO3. The normalized spacial score (nSPS) is 21.0. The van der Waals surface area contributed by atoms with Gasteiger partial charge in [0, 0.05) is 25.3 Å². The van der Waals surface area contributed by atoms with Crippen LogP contribution >= 0.6 is 0 Å². The van der Waals surface area contributed by atoms with E-state index < -0.39 is 11.8 Å². The minimum Gasteiger partial charge on any atom is -0.491 e. The smallest absolute Gasteiger partial charge is 0.306 e. The Morgan fingerprint density at radius 1 is 1.58 bits per heavy atom. The number of rotatable bonds is 6. The van der Waals surface area contributed by atoms with Crippen molar-refractivity contribution in [2.45, 2.75) is 13.3 Å². The quantitative estimate of drug-likeness (QED) is 0.859. The molecule has 0 saturated heterocycles. The monoisotopic (exact) mass is 267 g/mol. The van der Waals surface area contributed by atoms with Crippen LogP contribution in [0.2, 0.25) is 0 Å². The van der Waals surface area contributed by atoms with Gasteiger partial charge in [-0.2, -0.15) is 0 Å². The number of carboxylic acid groups (broad SMARTS) is 1. The van der Waals surface area contributed by atoms with E-state index in [1.54, 1.807) is 19.1 Å². The number of anilines is 1. The predicted molar refractivity (Wildman–Crippen MR) is 70.1 cm³/mol. The minimum atomic E-state index is -0.740. The molecule has 1 aliphatic carbocycles. The highest BCUT2D eigenvalue weighted by Crippen LogP contribution is 2.39. The van der Waals surface area contributed by atoms with Crippen molar-refractivity contribution in [2.24, 2.45) is 11.8 Å². The van der Waals surface area contributed by atoms with E-state index in [9.17, 15) is 9.18 Å². The number of aliphatic carboxylic acids is 1. The molecule has 0 amide bonds. The summed E-state index contributed by atoms with van der Waals surface area (Å²) in [5.41, 5.74) is 0.733. The van der Waals surface area contributed by atoms with Crippen LogP contribution in [-0.4, -0.2) is 31.3 Å². The van der Waals surface area contributed by atoms with Crippen molar-refractivity contribution in [3.05, 3.63) is 24.0 Å². The predicted octanol–water partition coefficient (Wildman–Crippen LogP) is 2.38. The highest BCUT2D eigenvalue weighted by Gasteiger charge is 2.43. The minimum absolute atomic E-state index is 0.164. The van der Waals surface area contributed by atoms with E-state index in [0.29, 0.717) is 19.6 Å². The molecule has 0 radical (unpaired) electrons. The highest BCUT2D eigenvalue weighted by molar-refractivity contribution is 5.73. The van der Waals surface area contributed by atoms with Crippen molar-refractivity contribution >= 4 is 11.7 Å². The second-order valence-electron chi connectivity index (χ2n) is 4.87. The summed E-state index contributed by atoms with van der Waals surface area (Å²) in [5, 5.41) is 8.85. The zero-order chi connectivity index (χ0) is 14.0. The zero-order valence-corrected chi connectivity index (χ0v) is 11.1. The van der Waals surface area contributed by atoms with Crippen molar-refractivity contribution in [1.29, 1.82) is 0 Å². The van der Waals surface area contributed by atoms with Crippen LogP contribution in [0.1, 0.15) is 13.3 Å². The Morgan fingerprint density at radius 3 is 2.84 bits per heavy atom. The maximum Gasteiger partial charge on any atom is 0.306 e. The van der Waals surface area contributed by atoms with Gasteiger partial charge in [-0.15, -0.1) is 0 Å². The first-order valence-electron chi connectivity index (χ1n) is 6.39. The lowest BCUT2D eigenvalue weighted by molar-refractivity contribution is -0.138. The van der Waals surface area contributed by atoms with E-state index >= 15 is 0 Å². The van der Waals surface area contributed by atoms with Gasteiger partial charge in [-0.05, 0) is 31.4 Å². The fourth-order valence-electron chi connectivity index (χ4n) is 2.21. The van der Waals surface area contributed by atoms with Gasteiger partial charge >= 0.3 is 5.97 Å². The molecule has 1 aromatic carbocycles. The molecule has 0 aromatic heterocycles. The molecule has 1 fully saturated rings. The second kappa shape index (κ2) is 5.47. The SMILES string of the molecule is CCOc1ccc(N(C)CC2CC2C(=O)O)cc1F. The van der Waals surface area contributed by atoms with Crippen molar-refractivity contribution < 1.29 is 19.0 Å². The summed E-state index contributed by atoms with van der Waals surface area (Å²) in [4.78, 5) is 12.6. The largest absolute Gasteiger partial charge is 0.491 e.